The Morgan fingerprint density at radius 1 is 1.75 bits per heavy atom. The lowest BCUT2D eigenvalue weighted by molar-refractivity contribution is -0.155. The van der Waals surface area contributed by atoms with E-state index in [2.05, 4.69) is 4.74 Å². The molecule has 2 nitrogen and oxygen atoms in total. The summed E-state index contributed by atoms with van der Waals surface area (Å²) in [4.78, 5) is 10.3. The van der Waals surface area contributed by atoms with Crippen LogP contribution in [0.3, 0.4) is 0 Å². The van der Waals surface area contributed by atoms with Gasteiger partial charge in [-0.2, -0.15) is 0 Å². The largest absolute Gasteiger partial charge is 0.430 e. The molecule has 1 saturated heterocycles. The number of esters is 1. The highest BCUT2D eigenvalue weighted by molar-refractivity contribution is 5.82. The van der Waals surface area contributed by atoms with Crippen LogP contribution in [0.25, 0.3) is 0 Å². The first-order valence-electron chi connectivity index (χ1n) is 2.63. The molecule has 0 aromatic carbocycles. The summed E-state index contributed by atoms with van der Waals surface area (Å²) >= 11 is 0. The summed E-state index contributed by atoms with van der Waals surface area (Å²) in [5.41, 5.74) is 0. The van der Waals surface area contributed by atoms with Crippen LogP contribution in [0.5, 0.6) is 0 Å². The van der Waals surface area contributed by atoms with Gasteiger partial charge in [-0.15, -0.1) is 0 Å². The molecular weight excluding hydrogens is 104 g/mol. The summed E-state index contributed by atoms with van der Waals surface area (Å²) in [6.45, 7) is 3.69. The van der Waals surface area contributed by atoms with Crippen LogP contribution < -0.4 is 0 Å². The molecule has 0 aliphatic carbocycles. The molecule has 1 aliphatic rings. The Morgan fingerprint density at radius 2 is 2.38 bits per heavy atom. The van der Waals surface area contributed by atoms with Gasteiger partial charge in [-0.05, 0) is 19.9 Å². The molecule has 0 N–H and O–H groups in total. The van der Waals surface area contributed by atoms with E-state index in [1.165, 1.54) is 0 Å². The van der Waals surface area contributed by atoms with Crippen molar-refractivity contribution in [3.05, 3.63) is 11.8 Å². The Labute approximate surface area is 48.1 Å². The maximum absolute atomic E-state index is 10.3. The zero-order valence-electron chi connectivity index (χ0n) is 4.97. The first-order chi connectivity index (χ1) is 3.75. The van der Waals surface area contributed by atoms with E-state index in [1.54, 1.807) is 0 Å². The van der Waals surface area contributed by atoms with Gasteiger partial charge in [-0.25, -0.2) is 0 Å². The number of carbonyl (C=O) groups is 1. The third kappa shape index (κ3) is 0.529. The SMILES string of the molecule is C/C=C1\OC(=O)[C@@H]1C. The van der Waals surface area contributed by atoms with Crippen molar-refractivity contribution >= 4 is 5.97 Å². The van der Waals surface area contributed by atoms with Crippen molar-refractivity contribution in [2.75, 3.05) is 0 Å². The van der Waals surface area contributed by atoms with Crippen LogP contribution in [0, 0.1) is 5.92 Å². The minimum absolute atomic E-state index is 0.0139. The number of cyclic esters (lactones) is 1. The van der Waals surface area contributed by atoms with Gasteiger partial charge in [-0.1, -0.05) is 0 Å². The fourth-order valence-corrected chi connectivity index (χ4v) is 0.660. The molecular formula is C6H8O2. The van der Waals surface area contributed by atoms with Crippen LogP contribution in [0.1, 0.15) is 13.8 Å². The highest BCUT2D eigenvalue weighted by atomic mass is 16.6. The maximum atomic E-state index is 10.3. The van der Waals surface area contributed by atoms with Crippen LogP contribution in [-0.4, -0.2) is 5.97 Å². The average molecular weight is 112 g/mol. The van der Waals surface area contributed by atoms with Crippen LogP contribution in [0.2, 0.25) is 0 Å². The lowest BCUT2D eigenvalue weighted by atomic mass is 10.1. The second-order valence-electron chi connectivity index (χ2n) is 1.83. The average Bonchev–Trinajstić information content (AvgIpc) is 1.81. The van der Waals surface area contributed by atoms with E-state index in [0.29, 0.717) is 0 Å². The standard InChI is InChI=1S/C6H8O2/c1-3-5-4(2)6(7)8-5/h3-4H,1-2H3/b5-3-/t4-/m1/s1. The quantitative estimate of drug-likeness (QED) is 0.438. The van der Waals surface area contributed by atoms with Crippen LogP contribution >= 0.6 is 0 Å². The van der Waals surface area contributed by atoms with Crippen molar-refractivity contribution in [1.29, 1.82) is 0 Å². The van der Waals surface area contributed by atoms with E-state index >= 15 is 0 Å². The van der Waals surface area contributed by atoms with E-state index in [4.69, 9.17) is 0 Å². The van der Waals surface area contributed by atoms with Crippen molar-refractivity contribution in [3.8, 4) is 0 Å². The van der Waals surface area contributed by atoms with E-state index in [1.807, 2.05) is 19.9 Å². The monoisotopic (exact) mass is 112 g/mol. The van der Waals surface area contributed by atoms with Crippen LogP contribution in [0.15, 0.2) is 11.8 Å². The molecule has 1 heterocycles. The smallest absolute Gasteiger partial charge is 0.321 e. The molecule has 0 amide bonds. The second-order valence-corrected chi connectivity index (χ2v) is 1.83. The van der Waals surface area contributed by atoms with Gasteiger partial charge in [0.05, 0.1) is 0 Å². The Bertz CT molecular complexity index is 147. The Balaban J connectivity index is 2.60. The normalized spacial score (nSPS) is 32.0. The summed E-state index contributed by atoms with van der Waals surface area (Å²) in [6.07, 6.45) is 1.81. The zero-order valence-corrected chi connectivity index (χ0v) is 4.97. The highest BCUT2D eigenvalue weighted by Crippen LogP contribution is 2.24. The lowest BCUT2D eigenvalue weighted by Crippen LogP contribution is -2.29. The molecule has 0 aromatic heterocycles. The van der Waals surface area contributed by atoms with Gasteiger partial charge in [0.15, 0.2) is 0 Å². The Kier molecular flexibility index (Phi) is 1.08. The lowest BCUT2D eigenvalue weighted by Gasteiger charge is -2.23. The molecule has 1 rings (SSSR count). The summed E-state index contributed by atoms with van der Waals surface area (Å²) in [7, 11) is 0. The van der Waals surface area contributed by atoms with Crippen LogP contribution in [-0.2, 0) is 9.53 Å². The van der Waals surface area contributed by atoms with Crippen molar-refractivity contribution < 1.29 is 9.53 Å². The molecule has 0 radical (unpaired) electrons. The van der Waals surface area contributed by atoms with Gasteiger partial charge in [-0.3, -0.25) is 4.79 Å². The Hall–Kier alpha value is -0.790. The van der Waals surface area contributed by atoms with Crippen molar-refractivity contribution in [1.82, 2.24) is 0 Å². The van der Waals surface area contributed by atoms with Crippen molar-refractivity contribution in [3.63, 3.8) is 0 Å². The summed E-state index contributed by atoms with van der Waals surface area (Å²) in [6, 6.07) is 0. The minimum atomic E-state index is -0.113. The van der Waals surface area contributed by atoms with Crippen molar-refractivity contribution in [2.24, 2.45) is 5.92 Å². The summed E-state index contributed by atoms with van der Waals surface area (Å²) in [5, 5.41) is 0. The first kappa shape index (κ1) is 5.35. The molecule has 0 saturated carbocycles. The van der Waals surface area contributed by atoms with Gasteiger partial charge >= 0.3 is 5.97 Å². The zero-order chi connectivity index (χ0) is 6.15. The van der Waals surface area contributed by atoms with Gasteiger partial charge in [0.2, 0.25) is 0 Å². The fourth-order valence-electron chi connectivity index (χ4n) is 0.660. The van der Waals surface area contributed by atoms with Crippen LogP contribution in [0.4, 0.5) is 0 Å². The predicted octanol–water partition coefficient (Wildman–Crippen LogP) is 1.08. The van der Waals surface area contributed by atoms with E-state index < -0.39 is 0 Å². The first-order valence-corrected chi connectivity index (χ1v) is 2.63. The molecule has 0 spiro atoms. The van der Waals surface area contributed by atoms with Crippen molar-refractivity contribution in [2.45, 2.75) is 13.8 Å². The van der Waals surface area contributed by atoms with Gasteiger partial charge in [0.25, 0.3) is 0 Å². The highest BCUT2D eigenvalue weighted by Gasteiger charge is 2.31. The molecule has 1 aliphatic heterocycles. The second kappa shape index (κ2) is 1.62. The molecule has 0 aromatic rings. The maximum Gasteiger partial charge on any atom is 0.321 e. The number of hydrogen-bond acceptors (Lipinski definition) is 2. The van der Waals surface area contributed by atoms with E-state index in [9.17, 15) is 4.79 Å². The molecule has 0 bridgehead atoms. The number of hydrogen-bond donors (Lipinski definition) is 0. The molecule has 2 heteroatoms. The summed E-state index contributed by atoms with van der Waals surface area (Å²) < 4.78 is 4.62. The molecule has 44 valence electrons. The van der Waals surface area contributed by atoms with Gasteiger partial charge < -0.3 is 4.74 Å². The topological polar surface area (TPSA) is 26.3 Å². The number of rotatable bonds is 0. The third-order valence-corrected chi connectivity index (χ3v) is 1.28. The van der Waals surface area contributed by atoms with E-state index in [-0.39, 0.29) is 11.9 Å². The molecule has 0 unspecified atom stereocenters. The van der Waals surface area contributed by atoms with Gasteiger partial charge in [0.1, 0.15) is 11.7 Å². The molecule has 8 heavy (non-hydrogen) atoms. The minimum Gasteiger partial charge on any atom is -0.430 e. The predicted molar refractivity (Wildman–Crippen MR) is 29.0 cm³/mol. The third-order valence-electron chi connectivity index (χ3n) is 1.28. The number of ether oxygens (including phenoxy) is 1. The summed E-state index contributed by atoms with van der Waals surface area (Å²) in [5.74, 6) is 0.702. The number of allylic oxidation sites excluding steroid dienone is 1. The van der Waals surface area contributed by atoms with E-state index in [0.717, 1.165) is 5.76 Å². The Morgan fingerprint density at radius 3 is 2.50 bits per heavy atom. The molecule has 1 atom stereocenters. The molecule has 1 fully saturated rings. The van der Waals surface area contributed by atoms with Gasteiger partial charge in [0, 0.05) is 0 Å². The fraction of sp³-hybridized carbons (Fsp3) is 0.500. The number of carbonyl (C=O) groups excluding carboxylic acids is 1.